The number of carbonyl (C=O) groups excluding carboxylic acids is 1. The number of urea groups is 1. The number of hydrogen-bond donors (Lipinski definition) is 1. The van der Waals surface area contributed by atoms with Crippen LogP contribution in [0.2, 0.25) is 0 Å². The molecule has 0 unspecified atom stereocenters. The monoisotopic (exact) mass is 247 g/mol. The first-order valence-electron chi connectivity index (χ1n) is 6.59. The normalized spacial score (nSPS) is 14.8. The molecule has 4 nitrogen and oxygen atoms in total. The Morgan fingerprint density at radius 3 is 2.61 bits per heavy atom. The predicted molar refractivity (Wildman–Crippen MR) is 73.1 cm³/mol. The van der Waals surface area contributed by atoms with Crippen molar-refractivity contribution in [1.82, 2.24) is 9.80 Å². The molecule has 1 aliphatic heterocycles. The van der Waals surface area contributed by atoms with Gasteiger partial charge in [0, 0.05) is 31.9 Å². The number of amides is 2. The molecule has 0 atom stereocenters. The van der Waals surface area contributed by atoms with Crippen LogP contribution < -0.4 is 5.73 Å². The molecule has 18 heavy (non-hydrogen) atoms. The second-order valence-corrected chi connectivity index (χ2v) is 4.69. The molecular formula is C14H21N3O. The Hall–Kier alpha value is -1.71. The molecule has 0 spiro atoms. The highest BCUT2D eigenvalue weighted by Crippen LogP contribution is 2.16. The summed E-state index contributed by atoms with van der Waals surface area (Å²) in [4.78, 5) is 16.1. The molecule has 0 aliphatic carbocycles. The standard InChI is InChI=1S/C14H21N3O/c1-2-16(14(18)17-9-5-6-10-17)11-12-7-3-4-8-13(12)15/h3-4,7-8H,2,5-6,9-11,15H2,1H3. The minimum atomic E-state index is 0.137. The molecule has 1 aromatic carbocycles. The Balaban J connectivity index is 2.05. The van der Waals surface area contributed by atoms with Crippen LogP contribution in [0, 0.1) is 0 Å². The van der Waals surface area contributed by atoms with E-state index in [0.29, 0.717) is 13.1 Å². The van der Waals surface area contributed by atoms with Crippen LogP contribution in [0.1, 0.15) is 25.3 Å². The van der Waals surface area contributed by atoms with E-state index in [2.05, 4.69) is 0 Å². The number of nitrogen functional groups attached to an aromatic ring is 1. The summed E-state index contributed by atoms with van der Waals surface area (Å²) in [5.41, 5.74) is 7.70. The topological polar surface area (TPSA) is 49.6 Å². The maximum atomic E-state index is 12.3. The number of benzene rings is 1. The van der Waals surface area contributed by atoms with Crippen LogP contribution >= 0.6 is 0 Å². The Morgan fingerprint density at radius 1 is 1.33 bits per heavy atom. The average Bonchev–Trinajstić information content (AvgIpc) is 2.91. The summed E-state index contributed by atoms with van der Waals surface area (Å²) in [6, 6.07) is 7.87. The maximum absolute atomic E-state index is 12.3. The van der Waals surface area contributed by atoms with E-state index in [4.69, 9.17) is 5.73 Å². The number of carbonyl (C=O) groups is 1. The van der Waals surface area contributed by atoms with Gasteiger partial charge in [0.2, 0.25) is 0 Å². The fourth-order valence-electron chi connectivity index (χ4n) is 2.31. The first-order chi connectivity index (χ1) is 8.72. The lowest BCUT2D eigenvalue weighted by Gasteiger charge is -2.27. The lowest BCUT2D eigenvalue weighted by Crippen LogP contribution is -2.41. The van der Waals surface area contributed by atoms with Crippen LogP contribution in [0.3, 0.4) is 0 Å². The molecule has 1 aromatic rings. The van der Waals surface area contributed by atoms with Crippen LogP contribution in [0.15, 0.2) is 24.3 Å². The van der Waals surface area contributed by atoms with Gasteiger partial charge in [0.25, 0.3) is 0 Å². The van der Waals surface area contributed by atoms with Crippen LogP contribution in [0.25, 0.3) is 0 Å². The summed E-state index contributed by atoms with van der Waals surface area (Å²) in [6.45, 7) is 5.09. The van der Waals surface area contributed by atoms with Gasteiger partial charge in [-0.3, -0.25) is 0 Å². The van der Waals surface area contributed by atoms with Gasteiger partial charge >= 0.3 is 6.03 Å². The van der Waals surface area contributed by atoms with Gasteiger partial charge in [0.1, 0.15) is 0 Å². The number of anilines is 1. The molecule has 1 heterocycles. The fourth-order valence-corrected chi connectivity index (χ4v) is 2.31. The van der Waals surface area contributed by atoms with Gasteiger partial charge in [-0.05, 0) is 31.4 Å². The molecule has 1 aliphatic rings. The number of para-hydroxylation sites is 1. The van der Waals surface area contributed by atoms with Crippen LogP contribution in [0.5, 0.6) is 0 Å². The number of hydrogen-bond acceptors (Lipinski definition) is 2. The molecule has 0 saturated carbocycles. The summed E-state index contributed by atoms with van der Waals surface area (Å²) in [5, 5.41) is 0. The van der Waals surface area contributed by atoms with Crippen molar-refractivity contribution in [2.45, 2.75) is 26.3 Å². The third kappa shape index (κ3) is 2.75. The SMILES string of the molecule is CCN(Cc1ccccc1N)C(=O)N1CCCC1. The van der Waals surface area contributed by atoms with Gasteiger partial charge in [-0.15, -0.1) is 0 Å². The van der Waals surface area contributed by atoms with E-state index in [1.165, 1.54) is 0 Å². The zero-order chi connectivity index (χ0) is 13.0. The Labute approximate surface area is 108 Å². The van der Waals surface area contributed by atoms with Crippen molar-refractivity contribution in [3.8, 4) is 0 Å². The van der Waals surface area contributed by atoms with Gasteiger partial charge in [0.15, 0.2) is 0 Å². The molecule has 4 heteroatoms. The van der Waals surface area contributed by atoms with Crippen molar-refractivity contribution in [3.63, 3.8) is 0 Å². The Kier molecular flexibility index (Phi) is 4.07. The van der Waals surface area contributed by atoms with Crippen LogP contribution in [-0.4, -0.2) is 35.5 Å². The second-order valence-electron chi connectivity index (χ2n) is 4.69. The highest BCUT2D eigenvalue weighted by atomic mass is 16.2. The fraction of sp³-hybridized carbons (Fsp3) is 0.500. The smallest absolute Gasteiger partial charge is 0.320 e. The van der Waals surface area contributed by atoms with Crippen molar-refractivity contribution in [3.05, 3.63) is 29.8 Å². The number of likely N-dealkylation sites (tertiary alicyclic amines) is 1. The lowest BCUT2D eigenvalue weighted by atomic mass is 10.1. The van der Waals surface area contributed by atoms with Crippen LogP contribution in [0.4, 0.5) is 10.5 Å². The third-order valence-corrected chi connectivity index (χ3v) is 3.45. The van der Waals surface area contributed by atoms with Crippen molar-refractivity contribution in [2.24, 2.45) is 0 Å². The van der Waals surface area contributed by atoms with E-state index < -0.39 is 0 Å². The highest BCUT2D eigenvalue weighted by molar-refractivity contribution is 5.75. The van der Waals surface area contributed by atoms with E-state index in [0.717, 1.165) is 37.2 Å². The van der Waals surface area contributed by atoms with Gasteiger partial charge in [-0.2, -0.15) is 0 Å². The van der Waals surface area contributed by atoms with E-state index in [1.807, 2.05) is 41.0 Å². The zero-order valence-electron chi connectivity index (χ0n) is 10.9. The average molecular weight is 247 g/mol. The van der Waals surface area contributed by atoms with Gasteiger partial charge in [0.05, 0.1) is 0 Å². The summed E-state index contributed by atoms with van der Waals surface area (Å²) < 4.78 is 0. The van der Waals surface area contributed by atoms with Crippen molar-refractivity contribution in [1.29, 1.82) is 0 Å². The largest absolute Gasteiger partial charge is 0.398 e. The first-order valence-corrected chi connectivity index (χ1v) is 6.59. The second kappa shape index (κ2) is 5.76. The molecule has 0 bridgehead atoms. The molecule has 2 N–H and O–H groups in total. The van der Waals surface area contributed by atoms with Gasteiger partial charge < -0.3 is 15.5 Å². The Morgan fingerprint density at radius 2 is 2.00 bits per heavy atom. The highest BCUT2D eigenvalue weighted by Gasteiger charge is 2.22. The lowest BCUT2D eigenvalue weighted by molar-refractivity contribution is 0.162. The maximum Gasteiger partial charge on any atom is 0.320 e. The molecule has 2 rings (SSSR count). The van der Waals surface area contributed by atoms with E-state index >= 15 is 0 Å². The minimum Gasteiger partial charge on any atom is -0.398 e. The van der Waals surface area contributed by atoms with Gasteiger partial charge in [-0.25, -0.2) is 4.79 Å². The summed E-state index contributed by atoms with van der Waals surface area (Å²) in [6.07, 6.45) is 2.24. The predicted octanol–water partition coefficient (Wildman–Crippen LogP) is 2.31. The number of nitrogens with zero attached hydrogens (tertiary/aromatic N) is 2. The van der Waals surface area contributed by atoms with Crippen LogP contribution in [-0.2, 0) is 6.54 Å². The molecule has 98 valence electrons. The van der Waals surface area contributed by atoms with E-state index in [-0.39, 0.29) is 6.03 Å². The minimum absolute atomic E-state index is 0.137. The quantitative estimate of drug-likeness (QED) is 0.833. The third-order valence-electron chi connectivity index (χ3n) is 3.45. The van der Waals surface area contributed by atoms with Gasteiger partial charge in [-0.1, -0.05) is 18.2 Å². The Bertz CT molecular complexity index is 413. The zero-order valence-corrected chi connectivity index (χ0v) is 10.9. The molecule has 0 radical (unpaired) electrons. The summed E-state index contributed by atoms with van der Waals surface area (Å²) in [5.74, 6) is 0. The summed E-state index contributed by atoms with van der Waals surface area (Å²) in [7, 11) is 0. The molecule has 0 aromatic heterocycles. The number of nitrogens with two attached hydrogens (primary N) is 1. The number of rotatable bonds is 3. The van der Waals surface area contributed by atoms with Crippen molar-refractivity contribution >= 4 is 11.7 Å². The van der Waals surface area contributed by atoms with Crippen molar-refractivity contribution < 1.29 is 4.79 Å². The summed E-state index contributed by atoms with van der Waals surface area (Å²) >= 11 is 0. The first kappa shape index (κ1) is 12.7. The van der Waals surface area contributed by atoms with Crippen molar-refractivity contribution in [2.75, 3.05) is 25.4 Å². The molecule has 2 amide bonds. The van der Waals surface area contributed by atoms with E-state index in [9.17, 15) is 4.79 Å². The molecule has 1 fully saturated rings. The van der Waals surface area contributed by atoms with E-state index in [1.54, 1.807) is 0 Å². The molecule has 1 saturated heterocycles. The molecular weight excluding hydrogens is 226 g/mol.